The van der Waals surface area contributed by atoms with Crippen LogP contribution in [0, 0.1) is 13.8 Å². The van der Waals surface area contributed by atoms with Crippen LogP contribution in [0.2, 0.25) is 0 Å². The summed E-state index contributed by atoms with van der Waals surface area (Å²) in [7, 11) is -4.44. The summed E-state index contributed by atoms with van der Waals surface area (Å²) < 4.78 is 30.3. The SMILES string of the molecule is Cc1cc(C)nc(NC(=O)N(Cl)S(=O)(=O)c2cccc(C(=O)OC(C)C)c2)n1. The first kappa shape index (κ1) is 21.6. The molecule has 0 unspecified atom stereocenters. The molecule has 0 aliphatic carbocycles. The van der Waals surface area contributed by atoms with E-state index in [9.17, 15) is 18.0 Å². The highest BCUT2D eigenvalue weighted by atomic mass is 35.5. The molecule has 0 bridgehead atoms. The van der Waals surface area contributed by atoms with Crippen LogP contribution >= 0.6 is 11.8 Å². The number of halogens is 1. The molecule has 9 nitrogen and oxygen atoms in total. The number of ether oxygens (including phenoxy) is 1. The molecule has 0 saturated heterocycles. The first-order valence-corrected chi connectivity index (χ1v) is 9.94. The third-order valence-corrected chi connectivity index (χ3v) is 5.42. The van der Waals surface area contributed by atoms with Crippen molar-refractivity contribution in [1.29, 1.82) is 0 Å². The smallest absolute Gasteiger partial charge is 0.353 e. The molecule has 0 spiro atoms. The maximum Gasteiger partial charge on any atom is 0.353 e. The average Bonchev–Trinajstić information content (AvgIpc) is 2.59. The van der Waals surface area contributed by atoms with Gasteiger partial charge in [-0.15, -0.1) is 3.82 Å². The fraction of sp³-hybridized carbons (Fsp3) is 0.294. The third-order valence-electron chi connectivity index (χ3n) is 3.28. The van der Waals surface area contributed by atoms with Gasteiger partial charge in [-0.1, -0.05) is 6.07 Å². The predicted molar refractivity (Wildman–Crippen MR) is 102 cm³/mol. The van der Waals surface area contributed by atoms with Gasteiger partial charge in [-0.25, -0.2) is 19.6 Å². The molecule has 1 N–H and O–H groups in total. The monoisotopic (exact) mass is 426 g/mol. The number of carbonyl (C=O) groups excluding carboxylic acids is 2. The minimum absolute atomic E-state index is 0.000912. The van der Waals surface area contributed by atoms with Gasteiger partial charge in [0, 0.05) is 23.2 Å². The van der Waals surface area contributed by atoms with Gasteiger partial charge >= 0.3 is 12.0 Å². The molecule has 0 atom stereocenters. The number of aromatic nitrogens is 2. The van der Waals surface area contributed by atoms with Crippen LogP contribution in [0.15, 0.2) is 35.2 Å². The Hall–Kier alpha value is -2.72. The van der Waals surface area contributed by atoms with Crippen molar-refractivity contribution in [2.75, 3.05) is 5.32 Å². The Morgan fingerprint density at radius 3 is 2.32 bits per heavy atom. The number of aryl methyl sites for hydroxylation is 2. The van der Waals surface area contributed by atoms with Gasteiger partial charge in [-0.2, -0.15) is 8.42 Å². The summed E-state index contributed by atoms with van der Waals surface area (Å²) in [6, 6.07) is 5.55. The van der Waals surface area contributed by atoms with Crippen molar-refractivity contribution >= 4 is 39.7 Å². The van der Waals surface area contributed by atoms with Crippen LogP contribution in [-0.4, -0.2) is 40.3 Å². The number of rotatable bonds is 5. The summed E-state index contributed by atoms with van der Waals surface area (Å²) in [6.45, 7) is 6.72. The lowest BCUT2D eigenvalue weighted by molar-refractivity contribution is 0.0377. The molecule has 1 heterocycles. The quantitative estimate of drug-likeness (QED) is 0.576. The van der Waals surface area contributed by atoms with E-state index < -0.39 is 22.0 Å². The molecular formula is C17H19ClN4O5S. The number of amides is 2. The van der Waals surface area contributed by atoms with Crippen LogP contribution in [0.5, 0.6) is 0 Å². The summed E-state index contributed by atoms with van der Waals surface area (Å²) in [5, 5.41) is 2.22. The first-order chi connectivity index (χ1) is 13.0. The van der Waals surface area contributed by atoms with E-state index in [1.165, 1.54) is 18.2 Å². The fourth-order valence-electron chi connectivity index (χ4n) is 2.19. The average molecular weight is 427 g/mol. The second-order valence-electron chi connectivity index (χ2n) is 6.11. The van der Waals surface area contributed by atoms with Gasteiger partial charge in [0.2, 0.25) is 5.95 Å². The lowest BCUT2D eigenvalue weighted by Gasteiger charge is -2.15. The molecule has 0 saturated carbocycles. The van der Waals surface area contributed by atoms with Gasteiger partial charge < -0.3 is 4.74 Å². The Balaban J connectivity index is 2.25. The standard InChI is InChI=1S/C17H19ClN4O5S/c1-10(2)27-15(23)13-6-5-7-14(9-13)28(25,26)22(18)17(24)21-16-19-11(3)8-12(4)20-16/h5-10H,1-4H3,(H,19,20,21,24). The van der Waals surface area contributed by atoms with Crippen LogP contribution in [0.1, 0.15) is 35.6 Å². The van der Waals surface area contributed by atoms with Gasteiger partial charge in [0.15, 0.2) is 0 Å². The number of esters is 1. The summed E-state index contributed by atoms with van der Waals surface area (Å²) >= 11 is 5.76. The van der Waals surface area contributed by atoms with Crippen molar-refractivity contribution in [2.45, 2.75) is 38.7 Å². The van der Waals surface area contributed by atoms with Gasteiger partial charge in [-0.05, 0) is 52.0 Å². The topological polar surface area (TPSA) is 119 Å². The number of sulfonamides is 1. The maximum absolute atomic E-state index is 12.6. The van der Waals surface area contributed by atoms with Gasteiger partial charge in [0.1, 0.15) is 0 Å². The number of carbonyl (C=O) groups is 2. The number of hydrogen-bond acceptors (Lipinski definition) is 7. The van der Waals surface area contributed by atoms with Crippen LogP contribution in [0.3, 0.4) is 0 Å². The number of urea groups is 1. The summed E-state index contributed by atoms with van der Waals surface area (Å²) in [4.78, 5) is 31.9. The Bertz CT molecular complexity index is 990. The van der Waals surface area contributed by atoms with E-state index in [1.54, 1.807) is 33.8 Å². The molecular weight excluding hydrogens is 408 g/mol. The largest absolute Gasteiger partial charge is 0.459 e. The minimum atomic E-state index is -4.44. The molecule has 2 amide bonds. The number of benzene rings is 1. The number of anilines is 1. The minimum Gasteiger partial charge on any atom is -0.459 e. The second-order valence-corrected chi connectivity index (χ2v) is 8.43. The summed E-state index contributed by atoms with van der Waals surface area (Å²) in [6.07, 6.45) is -0.374. The molecule has 1 aromatic carbocycles. The highest BCUT2D eigenvalue weighted by molar-refractivity contribution is 7.90. The van der Waals surface area contributed by atoms with E-state index >= 15 is 0 Å². The van der Waals surface area contributed by atoms with Crippen molar-refractivity contribution in [1.82, 2.24) is 13.8 Å². The van der Waals surface area contributed by atoms with E-state index in [0.29, 0.717) is 11.4 Å². The Morgan fingerprint density at radius 1 is 1.14 bits per heavy atom. The molecule has 0 radical (unpaired) electrons. The second kappa shape index (κ2) is 8.53. The van der Waals surface area contributed by atoms with Crippen LogP contribution in [-0.2, 0) is 14.8 Å². The molecule has 1 aromatic heterocycles. The molecule has 0 aliphatic heterocycles. The molecule has 28 heavy (non-hydrogen) atoms. The zero-order chi connectivity index (χ0) is 21.1. The molecule has 0 aliphatic rings. The van der Waals surface area contributed by atoms with E-state index in [0.717, 1.165) is 6.07 Å². The highest BCUT2D eigenvalue weighted by Gasteiger charge is 2.29. The Labute approximate surface area is 167 Å². The van der Waals surface area contributed by atoms with E-state index in [2.05, 4.69) is 15.3 Å². The van der Waals surface area contributed by atoms with Crippen molar-refractivity contribution in [3.8, 4) is 0 Å². The summed E-state index contributed by atoms with van der Waals surface area (Å²) in [5.41, 5.74) is 1.18. The first-order valence-electron chi connectivity index (χ1n) is 8.16. The van der Waals surface area contributed by atoms with Gasteiger partial charge in [0.25, 0.3) is 10.0 Å². The van der Waals surface area contributed by atoms with Crippen LogP contribution < -0.4 is 5.32 Å². The lowest BCUT2D eigenvalue weighted by atomic mass is 10.2. The van der Waals surface area contributed by atoms with Crippen molar-refractivity contribution in [3.05, 3.63) is 47.3 Å². The van der Waals surface area contributed by atoms with Gasteiger partial charge in [0.05, 0.1) is 16.6 Å². The molecule has 150 valence electrons. The van der Waals surface area contributed by atoms with E-state index in [1.807, 2.05) is 0 Å². The molecule has 2 aromatic rings. The van der Waals surface area contributed by atoms with Crippen molar-refractivity contribution in [3.63, 3.8) is 0 Å². The number of nitrogens with one attached hydrogen (secondary N) is 1. The summed E-state index contributed by atoms with van der Waals surface area (Å²) in [5.74, 6) is -0.779. The number of hydrogen-bond donors (Lipinski definition) is 1. The van der Waals surface area contributed by atoms with Gasteiger partial charge in [-0.3, -0.25) is 5.32 Å². The predicted octanol–water partition coefficient (Wildman–Crippen LogP) is 3.04. The lowest BCUT2D eigenvalue weighted by Crippen LogP contribution is -2.33. The maximum atomic E-state index is 12.6. The molecule has 11 heteroatoms. The highest BCUT2D eigenvalue weighted by Crippen LogP contribution is 2.21. The van der Waals surface area contributed by atoms with Crippen LogP contribution in [0.25, 0.3) is 0 Å². The zero-order valence-electron chi connectivity index (χ0n) is 15.6. The van der Waals surface area contributed by atoms with Crippen LogP contribution in [0.4, 0.5) is 10.7 Å². The zero-order valence-corrected chi connectivity index (χ0v) is 17.2. The van der Waals surface area contributed by atoms with Crippen molar-refractivity contribution in [2.24, 2.45) is 0 Å². The number of nitrogens with zero attached hydrogens (tertiary/aromatic N) is 3. The van der Waals surface area contributed by atoms with Crippen molar-refractivity contribution < 1.29 is 22.7 Å². The Morgan fingerprint density at radius 2 is 1.75 bits per heavy atom. The van der Waals surface area contributed by atoms with E-state index in [-0.39, 0.29) is 26.3 Å². The third kappa shape index (κ3) is 5.17. The van der Waals surface area contributed by atoms with E-state index in [4.69, 9.17) is 16.5 Å². The Kier molecular flexibility index (Phi) is 6.57. The molecule has 2 rings (SSSR count). The normalized spacial score (nSPS) is 11.2. The fourth-order valence-corrected chi connectivity index (χ4v) is 3.45. The molecule has 0 fully saturated rings.